The van der Waals surface area contributed by atoms with Gasteiger partial charge in [-0.2, -0.15) is 0 Å². The number of hydrogen-bond donors (Lipinski definition) is 2. The van der Waals surface area contributed by atoms with Crippen LogP contribution < -0.4 is 11.1 Å². The summed E-state index contributed by atoms with van der Waals surface area (Å²) in [5, 5.41) is 3.56. The zero-order chi connectivity index (χ0) is 13.3. The maximum atomic E-state index is 12.3. The molecule has 104 valence electrons. The van der Waals surface area contributed by atoms with E-state index in [1.54, 1.807) is 0 Å². The Labute approximate surface area is 116 Å². The minimum absolute atomic E-state index is 0.0841. The summed E-state index contributed by atoms with van der Waals surface area (Å²) >= 11 is 1.50. The van der Waals surface area contributed by atoms with Crippen molar-refractivity contribution in [3.8, 4) is 0 Å². The van der Waals surface area contributed by atoms with Gasteiger partial charge in [0, 0.05) is 6.42 Å². The van der Waals surface area contributed by atoms with Crippen LogP contribution >= 0.6 is 11.3 Å². The first-order valence-electron chi connectivity index (χ1n) is 6.84. The molecule has 1 aromatic heterocycles. The standard InChI is InChI=1S/C13H19N3O2S/c14-13(5-2-1-3-6-13)11(17)16-12-15-9-4-7-18-8-10(9)19-12/h1-8,14H2,(H,15,16,17). The van der Waals surface area contributed by atoms with Gasteiger partial charge in [0.05, 0.1) is 29.3 Å². The van der Waals surface area contributed by atoms with Gasteiger partial charge >= 0.3 is 0 Å². The van der Waals surface area contributed by atoms with Crippen LogP contribution in [-0.4, -0.2) is 23.0 Å². The molecule has 1 aliphatic carbocycles. The number of fused-ring (bicyclic) bond motifs is 1. The number of aromatic nitrogens is 1. The summed E-state index contributed by atoms with van der Waals surface area (Å²) in [6, 6.07) is 0. The molecule has 2 heterocycles. The third-order valence-corrected chi connectivity index (χ3v) is 4.90. The third-order valence-electron chi connectivity index (χ3n) is 3.91. The topological polar surface area (TPSA) is 77.2 Å². The van der Waals surface area contributed by atoms with Crippen molar-refractivity contribution in [2.24, 2.45) is 5.73 Å². The van der Waals surface area contributed by atoms with Crippen LogP contribution in [0.4, 0.5) is 5.13 Å². The Morgan fingerprint density at radius 2 is 2.16 bits per heavy atom. The van der Waals surface area contributed by atoms with Crippen molar-refractivity contribution in [1.29, 1.82) is 0 Å². The molecule has 2 aliphatic rings. The molecule has 1 aliphatic heterocycles. The predicted molar refractivity (Wildman–Crippen MR) is 74.1 cm³/mol. The Balaban J connectivity index is 1.70. The fraction of sp³-hybridized carbons (Fsp3) is 0.692. The van der Waals surface area contributed by atoms with Crippen molar-refractivity contribution in [3.05, 3.63) is 10.6 Å². The molecular weight excluding hydrogens is 262 g/mol. The molecular formula is C13H19N3O2S. The van der Waals surface area contributed by atoms with Crippen molar-refractivity contribution >= 4 is 22.4 Å². The van der Waals surface area contributed by atoms with Crippen LogP contribution in [0.1, 0.15) is 42.7 Å². The maximum Gasteiger partial charge on any atom is 0.246 e. The van der Waals surface area contributed by atoms with Crippen molar-refractivity contribution < 1.29 is 9.53 Å². The van der Waals surface area contributed by atoms with Gasteiger partial charge in [-0.15, -0.1) is 0 Å². The van der Waals surface area contributed by atoms with E-state index in [4.69, 9.17) is 10.5 Å². The van der Waals surface area contributed by atoms with Crippen LogP contribution in [0, 0.1) is 0 Å². The van der Waals surface area contributed by atoms with Gasteiger partial charge in [-0.3, -0.25) is 4.79 Å². The van der Waals surface area contributed by atoms with Crippen LogP contribution in [0.15, 0.2) is 0 Å². The lowest BCUT2D eigenvalue weighted by Gasteiger charge is -2.31. The van der Waals surface area contributed by atoms with Crippen LogP contribution in [-0.2, 0) is 22.6 Å². The Kier molecular flexibility index (Phi) is 3.56. The number of ether oxygens (including phenoxy) is 1. The van der Waals surface area contributed by atoms with Crippen LogP contribution in [0.3, 0.4) is 0 Å². The van der Waals surface area contributed by atoms with Crippen LogP contribution in [0.25, 0.3) is 0 Å². The molecule has 1 saturated carbocycles. The lowest BCUT2D eigenvalue weighted by Crippen LogP contribution is -2.52. The summed E-state index contributed by atoms with van der Waals surface area (Å²) in [6.07, 6.45) is 5.61. The first kappa shape index (κ1) is 13.0. The summed E-state index contributed by atoms with van der Waals surface area (Å²) < 4.78 is 5.38. The number of carbonyl (C=O) groups excluding carboxylic acids is 1. The Bertz CT molecular complexity index is 457. The van der Waals surface area contributed by atoms with E-state index < -0.39 is 5.54 Å². The second-order valence-corrected chi connectivity index (χ2v) is 6.45. The van der Waals surface area contributed by atoms with E-state index in [1.807, 2.05) is 0 Å². The van der Waals surface area contributed by atoms with E-state index in [0.29, 0.717) is 18.3 Å². The summed E-state index contributed by atoms with van der Waals surface area (Å²) in [5.41, 5.74) is 6.56. The highest BCUT2D eigenvalue weighted by atomic mass is 32.1. The first-order chi connectivity index (χ1) is 9.17. The zero-order valence-corrected chi connectivity index (χ0v) is 11.7. The number of rotatable bonds is 2. The summed E-state index contributed by atoms with van der Waals surface area (Å²) in [7, 11) is 0. The van der Waals surface area contributed by atoms with E-state index in [9.17, 15) is 4.79 Å². The number of amides is 1. The fourth-order valence-corrected chi connectivity index (χ4v) is 3.65. The average molecular weight is 281 g/mol. The SMILES string of the molecule is NC1(C(=O)Nc2nc3c(s2)COCC3)CCCCC1. The van der Waals surface area contributed by atoms with Crippen LogP contribution in [0.2, 0.25) is 0 Å². The number of nitrogens with two attached hydrogens (primary N) is 1. The number of nitrogens with one attached hydrogen (secondary N) is 1. The molecule has 19 heavy (non-hydrogen) atoms. The molecule has 1 aromatic rings. The Morgan fingerprint density at radius 3 is 2.89 bits per heavy atom. The second-order valence-electron chi connectivity index (χ2n) is 5.36. The van der Waals surface area contributed by atoms with Gasteiger partial charge in [0.15, 0.2) is 5.13 Å². The maximum absolute atomic E-state index is 12.3. The molecule has 5 nitrogen and oxygen atoms in total. The fourth-order valence-electron chi connectivity index (χ4n) is 2.71. The molecule has 0 atom stereocenters. The monoisotopic (exact) mass is 281 g/mol. The van der Waals surface area contributed by atoms with Crippen molar-refractivity contribution in [3.63, 3.8) is 0 Å². The summed E-state index contributed by atoms with van der Waals surface area (Å²) in [5.74, 6) is -0.0841. The van der Waals surface area contributed by atoms with E-state index in [1.165, 1.54) is 17.8 Å². The van der Waals surface area contributed by atoms with Gasteiger partial charge < -0.3 is 15.8 Å². The lowest BCUT2D eigenvalue weighted by molar-refractivity contribution is -0.122. The van der Waals surface area contributed by atoms with Gasteiger partial charge in [0.25, 0.3) is 0 Å². The van der Waals surface area contributed by atoms with Gasteiger partial charge in [0.1, 0.15) is 0 Å². The van der Waals surface area contributed by atoms with Crippen molar-refractivity contribution in [2.45, 2.75) is 50.7 Å². The molecule has 0 bridgehead atoms. The minimum atomic E-state index is -0.707. The number of anilines is 1. The highest BCUT2D eigenvalue weighted by Crippen LogP contribution is 2.30. The average Bonchev–Trinajstić information content (AvgIpc) is 2.81. The van der Waals surface area contributed by atoms with E-state index in [0.717, 1.165) is 42.7 Å². The van der Waals surface area contributed by atoms with Gasteiger partial charge in [-0.1, -0.05) is 30.6 Å². The third kappa shape index (κ3) is 2.66. The lowest BCUT2D eigenvalue weighted by atomic mass is 9.82. The van der Waals surface area contributed by atoms with Gasteiger partial charge in [0.2, 0.25) is 5.91 Å². The van der Waals surface area contributed by atoms with Crippen LogP contribution in [0.5, 0.6) is 0 Å². The number of carbonyl (C=O) groups is 1. The predicted octanol–water partition coefficient (Wildman–Crippen LogP) is 1.82. The molecule has 0 spiro atoms. The van der Waals surface area contributed by atoms with Crippen molar-refractivity contribution in [2.75, 3.05) is 11.9 Å². The van der Waals surface area contributed by atoms with Crippen molar-refractivity contribution in [1.82, 2.24) is 4.98 Å². The Morgan fingerprint density at radius 1 is 1.37 bits per heavy atom. The molecule has 1 amide bonds. The number of hydrogen-bond acceptors (Lipinski definition) is 5. The normalized spacial score (nSPS) is 21.7. The number of thiazole rings is 1. The smallest absolute Gasteiger partial charge is 0.246 e. The minimum Gasteiger partial charge on any atom is -0.375 e. The largest absolute Gasteiger partial charge is 0.375 e. The van der Waals surface area contributed by atoms with Gasteiger partial charge in [-0.25, -0.2) is 4.98 Å². The quantitative estimate of drug-likeness (QED) is 0.867. The molecule has 1 fully saturated rings. The summed E-state index contributed by atoms with van der Waals surface area (Å²) in [6.45, 7) is 1.32. The highest BCUT2D eigenvalue weighted by molar-refractivity contribution is 7.15. The van der Waals surface area contributed by atoms with E-state index >= 15 is 0 Å². The van der Waals surface area contributed by atoms with E-state index in [-0.39, 0.29) is 5.91 Å². The highest BCUT2D eigenvalue weighted by Gasteiger charge is 2.35. The molecule has 3 N–H and O–H groups in total. The first-order valence-corrected chi connectivity index (χ1v) is 7.66. The second kappa shape index (κ2) is 5.19. The molecule has 6 heteroatoms. The molecule has 0 radical (unpaired) electrons. The molecule has 0 aromatic carbocycles. The number of nitrogens with zero attached hydrogens (tertiary/aromatic N) is 1. The Hall–Kier alpha value is -0.980. The van der Waals surface area contributed by atoms with E-state index in [2.05, 4.69) is 10.3 Å². The molecule has 0 saturated heterocycles. The molecule has 3 rings (SSSR count). The summed E-state index contributed by atoms with van der Waals surface area (Å²) in [4.78, 5) is 17.9. The van der Waals surface area contributed by atoms with Gasteiger partial charge in [-0.05, 0) is 12.8 Å². The zero-order valence-electron chi connectivity index (χ0n) is 10.9. The molecule has 0 unspecified atom stereocenters.